The Morgan fingerprint density at radius 1 is 0.926 bits per heavy atom. The number of para-hydroxylation sites is 1. The van der Waals surface area contributed by atoms with Crippen molar-refractivity contribution in [2.45, 2.75) is 18.8 Å². The lowest BCUT2D eigenvalue weighted by atomic mass is 9.95. The fourth-order valence-corrected chi connectivity index (χ4v) is 3.98. The first-order valence-electron chi connectivity index (χ1n) is 9.44. The molecular weight excluding hydrogens is 334 g/mol. The molecule has 5 nitrogen and oxygen atoms in total. The van der Waals surface area contributed by atoms with Crippen LogP contribution in [0.1, 0.15) is 24.6 Å². The van der Waals surface area contributed by atoms with E-state index < -0.39 is 0 Å². The Morgan fingerprint density at radius 2 is 1.70 bits per heavy atom. The van der Waals surface area contributed by atoms with Crippen LogP contribution in [0.25, 0.3) is 22.2 Å². The largest absolute Gasteiger partial charge is 0.371 e. The molecular formula is C22H21N5. The first kappa shape index (κ1) is 16.0. The summed E-state index contributed by atoms with van der Waals surface area (Å²) in [6, 6.07) is 21.1. The van der Waals surface area contributed by atoms with Gasteiger partial charge in [-0.05, 0) is 25.0 Å². The van der Waals surface area contributed by atoms with Crippen LogP contribution in [-0.2, 0) is 0 Å². The summed E-state index contributed by atoms with van der Waals surface area (Å²) in [5.41, 5.74) is 4.50. The van der Waals surface area contributed by atoms with Crippen molar-refractivity contribution in [3.05, 3.63) is 72.8 Å². The van der Waals surface area contributed by atoms with E-state index in [9.17, 15) is 0 Å². The molecule has 134 valence electrons. The van der Waals surface area contributed by atoms with Crippen LogP contribution in [0, 0.1) is 0 Å². The van der Waals surface area contributed by atoms with Gasteiger partial charge in [0.1, 0.15) is 12.2 Å². The predicted molar refractivity (Wildman–Crippen MR) is 108 cm³/mol. The van der Waals surface area contributed by atoms with Gasteiger partial charge < -0.3 is 4.90 Å². The van der Waals surface area contributed by atoms with Crippen LogP contribution in [0.2, 0.25) is 0 Å². The molecule has 1 saturated heterocycles. The fourth-order valence-electron chi connectivity index (χ4n) is 3.98. The maximum Gasteiger partial charge on any atom is 0.137 e. The summed E-state index contributed by atoms with van der Waals surface area (Å²) in [4.78, 5) is 11.7. The summed E-state index contributed by atoms with van der Waals surface area (Å²) in [6.45, 7) is 2.02. The van der Waals surface area contributed by atoms with Crippen molar-refractivity contribution in [3.8, 4) is 11.3 Å². The minimum Gasteiger partial charge on any atom is -0.371 e. The number of nitrogens with one attached hydrogen (secondary N) is 1. The summed E-state index contributed by atoms with van der Waals surface area (Å²) >= 11 is 0. The predicted octanol–water partition coefficient (Wildman–Crippen LogP) is 4.40. The number of piperidine rings is 1. The Balaban J connectivity index is 1.51. The average molecular weight is 355 g/mol. The van der Waals surface area contributed by atoms with E-state index in [1.54, 1.807) is 6.33 Å². The Labute approximate surface area is 158 Å². The molecule has 0 radical (unpaired) electrons. The number of benzene rings is 2. The summed E-state index contributed by atoms with van der Waals surface area (Å²) in [6.07, 6.45) is 3.75. The third-order valence-corrected chi connectivity index (χ3v) is 5.42. The number of nitrogens with zero attached hydrogens (tertiary/aromatic N) is 4. The molecule has 0 amide bonds. The van der Waals surface area contributed by atoms with E-state index in [1.807, 2.05) is 6.07 Å². The van der Waals surface area contributed by atoms with Gasteiger partial charge in [-0.2, -0.15) is 5.10 Å². The first-order valence-corrected chi connectivity index (χ1v) is 9.44. The highest BCUT2D eigenvalue weighted by atomic mass is 15.2. The molecule has 5 rings (SSSR count). The van der Waals surface area contributed by atoms with Crippen molar-refractivity contribution in [1.82, 2.24) is 20.2 Å². The molecule has 2 aromatic carbocycles. The molecule has 2 aromatic heterocycles. The lowest BCUT2D eigenvalue weighted by molar-refractivity contribution is 0.487. The highest BCUT2D eigenvalue weighted by molar-refractivity contribution is 5.94. The third kappa shape index (κ3) is 3.05. The lowest BCUT2D eigenvalue weighted by Crippen LogP contribution is -2.33. The van der Waals surface area contributed by atoms with Gasteiger partial charge >= 0.3 is 0 Å². The van der Waals surface area contributed by atoms with Gasteiger partial charge in [-0.3, -0.25) is 5.10 Å². The molecule has 4 aromatic rings. The van der Waals surface area contributed by atoms with E-state index in [4.69, 9.17) is 4.98 Å². The molecule has 5 heteroatoms. The van der Waals surface area contributed by atoms with E-state index >= 15 is 0 Å². The van der Waals surface area contributed by atoms with Crippen LogP contribution >= 0.6 is 0 Å². The summed E-state index contributed by atoms with van der Waals surface area (Å²) in [5.74, 6) is 1.48. The maximum absolute atomic E-state index is 4.91. The Hall–Kier alpha value is -3.21. The third-order valence-electron chi connectivity index (χ3n) is 5.42. The molecule has 0 spiro atoms. The zero-order valence-electron chi connectivity index (χ0n) is 15.0. The van der Waals surface area contributed by atoms with Crippen LogP contribution in [0.5, 0.6) is 0 Å². The molecule has 0 atom stereocenters. The van der Waals surface area contributed by atoms with Crippen molar-refractivity contribution in [3.63, 3.8) is 0 Å². The number of pyridine rings is 1. The molecule has 1 fully saturated rings. The Bertz CT molecular complexity index is 1030. The van der Waals surface area contributed by atoms with Crippen LogP contribution in [0.4, 0.5) is 5.69 Å². The van der Waals surface area contributed by atoms with Crippen LogP contribution in [0.15, 0.2) is 67.0 Å². The summed E-state index contributed by atoms with van der Waals surface area (Å²) < 4.78 is 0. The van der Waals surface area contributed by atoms with E-state index in [1.165, 1.54) is 11.1 Å². The van der Waals surface area contributed by atoms with Crippen LogP contribution in [0.3, 0.4) is 0 Å². The van der Waals surface area contributed by atoms with Crippen LogP contribution < -0.4 is 4.90 Å². The molecule has 3 heterocycles. The molecule has 1 aliphatic rings. The molecule has 27 heavy (non-hydrogen) atoms. The second kappa shape index (κ2) is 6.83. The highest BCUT2D eigenvalue weighted by Gasteiger charge is 2.24. The number of hydrogen-bond donors (Lipinski definition) is 1. The number of hydrogen-bond acceptors (Lipinski definition) is 4. The second-order valence-electron chi connectivity index (χ2n) is 7.04. The van der Waals surface area contributed by atoms with Gasteiger partial charge in [-0.1, -0.05) is 48.5 Å². The number of rotatable bonds is 3. The molecule has 1 aliphatic heterocycles. The quantitative estimate of drug-likeness (QED) is 0.592. The zero-order chi connectivity index (χ0) is 18.1. The van der Waals surface area contributed by atoms with E-state index in [0.717, 1.165) is 48.5 Å². The number of aromatic nitrogens is 4. The first-order chi connectivity index (χ1) is 13.4. The average Bonchev–Trinajstić information content (AvgIpc) is 3.29. The fraction of sp³-hybridized carbons (Fsp3) is 0.227. The number of aromatic amines is 1. The van der Waals surface area contributed by atoms with E-state index in [0.29, 0.717) is 5.92 Å². The van der Waals surface area contributed by atoms with Gasteiger partial charge in [0.15, 0.2) is 0 Å². The lowest BCUT2D eigenvalue weighted by Gasteiger charge is -2.33. The molecule has 0 aliphatic carbocycles. The van der Waals surface area contributed by atoms with Gasteiger partial charge in [-0.25, -0.2) is 9.97 Å². The molecule has 0 saturated carbocycles. The van der Waals surface area contributed by atoms with E-state index in [-0.39, 0.29) is 0 Å². The normalized spacial score (nSPS) is 15.3. The van der Waals surface area contributed by atoms with Crippen molar-refractivity contribution in [2.75, 3.05) is 18.0 Å². The Morgan fingerprint density at radius 3 is 2.48 bits per heavy atom. The van der Waals surface area contributed by atoms with E-state index in [2.05, 4.69) is 74.7 Å². The molecule has 0 bridgehead atoms. The summed E-state index contributed by atoms with van der Waals surface area (Å²) in [7, 11) is 0. The van der Waals surface area contributed by atoms with Crippen molar-refractivity contribution in [1.29, 1.82) is 0 Å². The monoisotopic (exact) mass is 355 g/mol. The minimum absolute atomic E-state index is 0.463. The summed E-state index contributed by atoms with van der Waals surface area (Å²) in [5, 5.41) is 8.25. The zero-order valence-corrected chi connectivity index (χ0v) is 15.0. The van der Waals surface area contributed by atoms with Crippen molar-refractivity contribution < 1.29 is 0 Å². The molecule has 1 N–H and O–H groups in total. The highest BCUT2D eigenvalue weighted by Crippen LogP contribution is 2.34. The Kier molecular flexibility index (Phi) is 4.05. The van der Waals surface area contributed by atoms with Gasteiger partial charge in [-0.15, -0.1) is 0 Å². The number of H-pyrrole nitrogens is 1. The smallest absolute Gasteiger partial charge is 0.137 e. The second-order valence-corrected chi connectivity index (χ2v) is 7.04. The SMILES string of the molecule is c1ccc(-c2cc(N3CCC(c4ncn[nH]4)CC3)c3ccccc3n2)cc1. The van der Waals surface area contributed by atoms with Crippen LogP contribution in [-0.4, -0.2) is 33.3 Å². The van der Waals surface area contributed by atoms with Gasteiger partial charge in [0.2, 0.25) is 0 Å². The van der Waals surface area contributed by atoms with Gasteiger partial charge in [0, 0.05) is 35.6 Å². The van der Waals surface area contributed by atoms with Gasteiger partial charge in [0.05, 0.1) is 11.2 Å². The topological polar surface area (TPSA) is 57.7 Å². The van der Waals surface area contributed by atoms with Gasteiger partial charge in [0.25, 0.3) is 0 Å². The number of fused-ring (bicyclic) bond motifs is 1. The standard InChI is InChI=1S/C22H21N5/c1-2-6-16(7-3-1)20-14-21(18-8-4-5-9-19(18)25-20)27-12-10-17(11-13-27)22-23-15-24-26-22/h1-9,14-15,17H,10-13H2,(H,23,24,26). The maximum atomic E-state index is 4.91. The minimum atomic E-state index is 0.463. The number of anilines is 1. The van der Waals surface area contributed by atoms with Crippen molar-refractivity contribution in [2.24, 2.45) is 0 Å². The molecule has 0 unspecified atom stereocenters. The van der Waals surface area contributed by atoms with Crippen molar-refractivity contribution >= 4 is 16.6 Å².